The van der Waals surface area contributed by atoms with Crippen molar-refractivity contribution in [3.05, 3.63) is 77.5 Å². The summed E-state index contributed by atoms with van der Waals surface area (Å²) in [7, 11) is 1.52. The van der Waals surface area contributed by atoms with E-state index in [4.69, 9.17) is 9.57 Å². The van der Waals surface area contributed by atoms with Crippen molar-refractivity contribution in [3.63, 3.8) is 0 Å². The number of anilines is 1. The minimum absolute atomic E-state index is 0.140. The second kappa shape index (κ2) is 8.49. The second-order valence-electron chi connectivity index (χ2n) is 7.81. The van der Waals surface area contributed by atoms with Crippen LogP contribution in [0.1, 0.15) is 23.5 Å². The van der Waals surface area contributed by atoms with E-state index in [1.54, 1.807) is 25.3 Å². The summed E-state index contributed by atoms with van der Waals surface area (Å²) < 4.78 is 34.7. The molecule has 9 heteroatoms. The Morgan fingerprint density at radius 1 is 1.25 bits per heavy atom. The number of pyridine rings is 1. The second-order valence-corrected chi connectivity index (χ2v) is 7.81. The number of carbonyl (C=O) groups is 1. The van der Waals surface area contributed by atoms with Gasteiger partial charge in [0.25, 0.3) is 0 Å². The van der Waals surface area contributed by atoms with Gasteiger partial charge in [-0.1, -0.05) is 12.1 Å². The topological polar surface area (TPSA) is 77.2 Å². The molecule has 0 spiro atoms. The smallest absolute Gasteiger partial charge is 0.334 e. The third kappa shape index (κ3) is 4.23. The molecule has 1 amide bonds. The van der Waals surface area contributed by atoms with Gasteiger partial charge in [0.1, 0.15) is 24.6 Å². The van der Waals surface area contributed by atoms with E-state index in [1.807, 2.05) is 6.92 Å². The molecular weight excluding hydrogens is 418 g/mol. The van der Waals surface area contributed by atoms with Crippen LogP contribution in [0.15, 0.2) is 48.8 Å². The maximum atomic E-state index is 14.0. The highest BCUT2D eigenvalue weighted by Crippen LogP contribution is 2.55. The average Bonchev–Trinajstić information content (AvgIpc) is 3.51. The molecule has 0 unspecified atom stereocenters. The quantitative estimate of drug-likeness (QED) is 0.571. The van der Waals surface area contributed by atoms with Crippen molar-refractivity contribution in [1.82, 2.24) is 9.97 Å². The number of rotatable bonds is 7. The molecule has 2 atom stereocenters. The van der Waals surface area contributed by atoms with Crippen LogP contribution in [0.3, 0.4) is 0 Å². The molecule has 1 aromatic carbocycles. The normalized spacial score (nSPS) is 19.3. The highest BCUT2D eigenvalue weighted by Gasteiger charge is 2.60. The molecule has 166 valence electrons. The summed E-state index contributed by atoms with van der Waals surface area (Å²) in [6, 6.07) is 8.78. The van der Waals surface area contributed by atoms with Crippen LogP contribution in [-0.4, -0.2) is 29.6 Å². The minimum Gasteiger partial charge on any atom is -0.485 e. The number of carbonyl (C=O) groups excluding carboxylic acids is 1. The van der Waals surface area contributed by atoms with Gasteiger partial charge in [-0.2, -0.15) is 0 Å². The Labute approximate surface area is 184 Å². The molecule has 1 fully saturated rings. The number of amides is 1. The molecular formula is C23H23F2N4O3+. The van der Waals surface area contributed by atoms with Crippen LogP contribution in [0.25, 0.3) is 0 Å². The Kier molecular flexibility index (Phi) is 5.73. The molecule has 2 heterocycles. The monoisotopic (exact) mass is 441 g/mol. The lowest BCUT2D eigenvalue weighted by Crippen LogP contribution is -2.44. The van der Waals surface area contributed by atoms with Gasteiger partial charge in [-0.25, -0.2) is 13.8 Å². The summed E-state index contributed by atoms with van der Waals surface area (Å²) in [6.07, 6.45) is 3.17. The highest BCUT2D eigenvalue weighted by atomic mass is 19.1. The van der Waals surface area contributed by atoms with E-state index in [1.165, 1.54) is 36.1 Å². The van der Waals surface area contributed by atoms with E-state index >= 15 is 0 Å². The molecule has 1 saturated carbocycles. The minimum atomic E-state index is -0.721. The average molecular weight is 441 g/mol. The largest absolute Gasteiger partial charge is 0.485 e. The summed E-state index contributed by atoms with van der Waals surface area (Å²) in [4.78, 5) is 26.5. The lowest BCUT2D eigenvalue weighted by atomic mass is 9.93. The standard InChI is InChI=1S/C23H22F2N4O3/c1-14-20(12-29(31-3)15(2)27-14)32-13-23(16-5-4-6-17(24)9-16)10-19(23)22(30)28-21-8-7-18(25)11-26-21/h4-9,11-12,19H,10,13H2,1-3H3/p+1/t19-,23+/m0/s1. The summed E-state index contributed by atoms with van der Waals surface area (Å²) in [5, 5.41) is 2.70. The van der Waals surface area contributed by atoms with Gasteiger partial charge in [-0.05, 0) is 46.0 Å². The fourth-order valence-corrected chi connectivity index (χ4v) is 3.85. The summed E-state index contributed by atoms with van der Waals surface area (Å²) in [6.45, 7) is 3.76. The van der Waals surface area contributed by atoms with Crippen molar-refractivity contribution < 1.29 is 27.9 Å². The van der Waals surface area contributed by atoms with E-state index < -0.39 is 23.0 Å². The van der Waals surface area contributed by atoms with Gasteiger partial charge in [-0.3, -0.25) is 4.79 Å². The van der Waals surface area contributed by atoms with Crippen molar-refractivity contribution in [2.75, 3.05) is 19.0 Å². The number of aryl methyl sites for hydroxylation is 2. The number of nitrogens with zero attached hydrogens (tertiary/aromatic N) is 3. The van der Waals surface area contributed by atoms with E-state index in [9.17, 15) is 13.6 Å². The van der Waals surface area contributed by atoms with Crippen LogP contribution in [-0.2, 0) is 10.2 Å². The van der Waals surface area contributed by atoms with Crippen LogP contribution in [0, 0.1) is 31.4 Å². The number of aromatic nitrogens is 3. The van der Waals surface area contributed by atoms with E-state index in [-0.39, 0.29) is 18.3 Å². The zero-order valence-corrected chi connectivity index (χ0v) is 17.9. The van der Waals surface area contributed by atoms with E-state index in [2.05, 4.69) is 15.3 Å². The van der Waals surface area contributed by atoms with Gasteiger partial charge in [0.15, 0.2) is 11.9 Å². The summed E-state index contributed by atoms with van der Waals surface area (Å²) >= 11 is 0. The molecule has 3 aromatic rings. The molecule has 7 nitrogen and oxygen atoms in total. The third-order valence-corrected chi connectivity index (χ3v) is 5.69. The first-order chi connectivity index (χ1) is 15.3. The number of ether oxygens (including phenoxy) is 1. The van der Waals surface area contributed by atoms with Gasteiger partial charge in [-0.15, -0.1) is 0 Å². The van der Waals surface area contributed by atoms with E-state index in [0.29, 0.717) is 29.3 Å². The molecule has 2 aromatic heterocycles. The van der Waals surface area contributed by atoms with Crippen molar-refractivity contribution in [1.29, 1.82) is 0 Å². The Hall–Kier alpha value is -3.62. The predicted molar refractivity (Wildman–Crippen MR) is 111 cm³/mol. The molecule has 4 rings (SSSR count). The number of halogens is 2. The Balaban J connectivity index is 1.58. The first-order valence-corrected chi connectivity index (χ1v) is 10.1. The Morgan fingerprint density at radius 2 is 2.06 bits per heavy atom. The molecule has 32 heavy (non-hydrogen) atoms. The van der Waals surface area contributed by atoms with Gasteiger partial charge in [0.05, 0.1) is 18.7 Å². The maximum Gasteiger partial charge on any atom is 0.334 e. The first kappa shape index (κ1) is 21.6. The van der Waals surface area contributed by atoms with Crippen LogP contribution in [0.2, 0.25) is 0 Å². The van der Waals surface area contributed by atoms with Crippen molar-refractivity contribution in [2.24, 2.45) is 5.92 Å². The molecule has 0 aliphatic heterocycles. The van der Waals surface area contributed by atoms with Gasteiger partial charge in [0.2, 0.25) is 11.7 Å². The summed E-state index contributed by atoms with van der Waals surface area (Å²) in [5.41, 5.74) is 0.617. The van der Waals surface area contributed by atoms with Crippen molar-refractivity contribution in [2.45, 2.75) is 25.7 Å². The summed E-state index contributed by atoms with van der Waals surface area (Å²) in [5.74, 6) is -0.234. The van der Waals surface area contributed by atoms with E-state index in [0.717, 1.165) is 6.20 Å². The molecule has 1 aliphatic rings. The van der Waals surface area contributed by atoms with Crippen LogP contribution >= 0.6 is 0 Å². The molecule has 1 aliphatic carbocycles. The van der Waals surface area contributed by atoms with Crippen LogP contribution < -0.4 is 19.6 Å². The van der Waals surface area contributed by atoms with Gasteiger partial charge >= 0.3 is 5.82 Å². The number of hydrogen-bond acceptors (Lipinski definition) is 5. The predicted octanol–water partition coefficient (Wildman–Crippen LogP) is 2.69. The molecule has 0 saturated heterocycles. The zero-order valence-electron chi connectivity index (χ0n) is 17.9. The maximum absolute atomic E-state index is 14.0. The number of hydrogen-bond donors (Lipinski definition) is 1. The molecule has 0 bridgehead atoms. The van der Waals surface area contributed by atoms with Crippen molar-refractivity contribution >= 4 is 11.7 Å². The van der Waals surface area contributed by atoms with Crippen LogP contribution in [0.5, 0.6) is 5.75 Å². The van der Waals surface area contributed by atoms with Crippen LogP contribution in [0.4, 0.5) is 14.6 Å². The fourth-order valence-electron chi connectivity index (χ4n) is 3.85. The Morgan fingerprint density at radius 3 is 2.75 bits per heavy atom. The molecule has 0 radical (unpaired) electrons. The number of nitrogens with one attached hydrogen (secondary N) is 1. The lowest BCUT2D eigenvalue weighted by Gasteiger charge is -2.19. The lowest BCUT2D eigenvalue weighted by molar-refractivity contribution is -0.891. The Bertz CT molecular complexity index is 1160. The molecule has 1 N–H and O–H groups in total. The zero-order chi connectivity index (χ0) is 22.9. The van der Waals surface area contributed by atoms with Gasteiger partial charge in [0, 0.05) is 19.3 Å². The van der Waals surface area contributed by atoms with Crippen molar-refractivity contribution in [3.8, 4) is 5.75 Å². The first-order valence-electron chi connectivity index (χ1n) is 10.1. The third-order valence-electron chi connectivity index (χ3n) is 5.69. The highest BCUT2D eigenvalue weighted by molar-refractivity contribution is 5.95. The number of benzene rings is 1. The fraction of sp³-hybridized carbons (Fsp3) is 0.304. The van der Waals surface area contributed by atoms with Gasteiger partial charge < -0.3 is 14.9 Å². The SMILES string of the molecule is CO[n+]1cc(OC[C@@]2(c3cccc(F)c3)C[C@H]2C(=O)Nc2ccc(F)cn2)c(C)nc1C.